The van der Waals surface area contributed by atoms with Crippen molar-refractivity contribution in [3.05, 3.63) is 70.4 Å². The molecule has 0 spiro atoms. The van der Waals surface area contributed by atoms with E-state index in [-0.39, 0.29) is 28.0 Å². The fourth-order valence-corrected chi connectivity index (χ4v) is 5.58. The van der Waals surface area contributed by atoms with Crippen molar-refractivity contribution in [2.45, 2.75) is 31.8 Å². The molecule has 0 aliphatic carbocycles. The van der Waals surface area contributed by atoms with E-state index in [2.05, 4.69) is 5.32 Å². The van der Waals surface area contributed by atoms with Gasteiger partial charge in [0.2, 0.25) is 0 Å². The van der Waals surface area contributed by atoms with Gasteiger partial charge >= 0.3 is 5.97 Å². The number of rotatable bonds is 9. The second-order valence-electron chi connectivity index (χ2n) is 7.50. The lowest BCUT2D eigenvalue weighted by molar-refractivity contribution is 0.0526. The smallest absolute Gasteiger partial charge is 0.338 e. The molecule has 34 heavy (non-hydrogen) atoms. The lowest BCUT2D eigenvalue weighted by Crippen LogP contribution is -2.28. The van der Waals surface area contributed by atoms with Gasteiger partial charge in [-0.05, 0) is 74.7 Å². The fraction of sp³-hybridized carbons (Fsp3) is 0.250. The van der Waals surface area contributed by atoms with E-state index in [4.69, 9.17) is 9.47 Å². The van der Waals surface area contributed by atoms with Gasteiger partial charge in [0, 0.05) is 12.7 Å². The average Bonchev–Trinajstić information content (AvgIpc) is 3.30. The predicted molar refractivity (Wildman–Crippen MR) is 132 cm³/mol. The van der Waals surface area contributed by atoms with Crippen LogP contribution < -0.4 is 14.4 Å². The normalized spacial score (nSPS) is 11.2. The zero-order valence-corrected chi connectivity index (χ0v) is 20.9. The number of nitrogens with one attached hydrogen (secondary N) is 1. The number of nitrogens with zero attached hydrogens (tertiary/aromatic N) is 1. The summed E-state index contributed by atoms with van der Waals surface area (Å²) in [7, 11) is -2.59. The predicted octanol–water partition coefficient (Wildman–Crippen LogP) is 4.79. The molecule has 1 heterocycles. The molecule has 0 atom stereocenters. The van der Waals surface area contributed by atoms with E-state index >= 15 is 0 Å². The first kappa shape index (κ1) is 25.3. The van der Waals surface area contributed by atoms with Gasteiger partial charge in [0.25, 0.3) is 15.9 Å². The van der Waals surface area contributed by atoms with Crippen LogP contribution in [-0.4, -0.2) is 40.1 Å². The van der Waals surface area contributed by atoms with Crippen molar-refractivity contribution >= 4 is 44.6 Å². The number of anilines is 2. The number of ether oxygens (including phenoxy) is 2. The van der Waals surface area contributed by atoms with Gasteiger partial charge in [0.15, 0.2) is 0 Å². The molecule has 180 valence electrons. The van der Waals surface area contributed by atoms with Gasteiger partial charge in [0.05, 0.1) is 24.0 Å². The molecule has 3 aromatic rings. The van der Waals surface area contributed by atoms with E-state index in [0.29, 0.717) is 17.1 Å². The van der Waals surface area contributed by atoms with Crippen LogP contribution in [0.5, 0.6) is 5.75 Å². The van der Waals surface area contributed by atoms with Crippen molar-refractivity contribution < 1.29 is 27.5 Å². The molecule has 0 saturated heterocycles. The van der Waals surface area contributed by atoms with E-state index < -0.39 is 21.9 Å². The largest absolute Gasteiger partial charge is 0.491 e. The Morgan fingerprint density at radius 2 is 1.79 bits per heavy atom. The van der Waals surface area contributed by atoms with E-state index in [0.717, 1.165) is 15.6 Å². The van der Waals surface area contributed by atoms with Crippen molar-refractivity contribution in [3.8, 4) is 5.75 Å². The number of hydrogen-bond acceptors (Lipinski definition) is 7. The minimum Gasteiger partial charge on any atom is -0.491 e. The Morgan fingerprint density at radius 3 is 2.44 bits per heavy atom. The molecule has 0 aliphatic heterocycles. The number of thiophene rings is 1. The van der Waals surface area contributed by atoms with Gasteiger partial charge in [-0.2, -0.15) is 0 Å². The molecular weight excluding hydrogens is 476 g/mol. The van der Waals surface area contributed by atoms with Crippen LogP contribution in [0.1, 0.15) is 40.8 Å². The number of sulfonamides is 1. The highest BCUT2D eigenvalue weighted by Crippen LogP contribution is 2.30. The third kappa shape index (κ3) is 5.75. The van der Waals surface area contributed by atoms with Crippen LogP contribution in [0.2, 0.25) is 0 Å². The summed E-state index contributed by atoms with van der Waals surface area (Å²) in [4.78, 5) is 24.8. The van der Waals surface area contributed by atoms with Crippen LogP contribution in [0.4, 0.5) is 11.4 Å². The van der Waals surface area contributed by atoms with Gasteiger partial charge in [-0.25, -0.2) is 13.2 Å². The topological polar surface area (TPSA) is 102 Å². The number of hydrogen-bond donors (Lipinski definition) is 1. The van der Waals surface area contributed by atoms with Crippen molar-refractivity contribution in [1.29, 1.82) is 0 Å². The van der Waals surface area contributed by atoms with Crippen LogP contribution in [-0.2, 0) is 14.8 Å². The van der Waals surface area contributed by atoms with E-state index in [1.807, 2.05) is 13.8 Å². The van der Waals surface area contributed by atoms with Gasteiger partial charge < -0.3 is 14.8 Å². The molecule has 1 aromatic heterocycles. The molecule has 0 fully saturated rings. The molecule has 2 aromatic carbocycles. The highest BCUT2D eigenvalue weighted by atomic mass is 32.2. The average molecular weight is 503 g/mol. The summed E-state index contributed by atoms with van der Waals surface area (Å²) in [5, 5.41) is 4.21. The van der Waals surface area contributed by atoms with Crippen LogP contribution in [0.25, 0.3) is 0 Å². The molecule has 0 unspecified atom stereocenters. The molecule has 1 N–H and O–H groups in total. The van der Waals surface area contributed by atoms with Crippen molar-refractivity contribution in [3.63, 3.8) is 0 Å². The first-order valence-corrected chi connectivity index (χ1v) is 12.9. The van der Waals surface area contributed by atoms with Gasteiger partial charge in [-0.3, -0.25) is 9.10 Å². The van der Waals surface area contributed by atoms with Crippen molar-refractivity contribution in [2.75, 3.05) is 23.3 Å². The molecule has 8 nitrogen and oxygen atoms in total. The number of amides is 1. The summed E-state index contributed by atoms with van der Waals surface area (Å²) in [6, 6.07) is 14.3. The Kier molecular flexibility index (Phi) is 7.95. The Hall–Kier alpha value is -3.37. The number of carbonyl (C=O) groups is 2. The summed E-state index contributed by atoms with van der Waals surface area (Å²) < 4.78 is 38.3. The second-order valence-corrected chi connectivity index (χ2v) is 10.4. The summed E-state index contributed by atoms with van der Waals surface area (Å²) in [5.41, 5.74) is 1.06. The molecule has 0 aliphatic rings. The molecule has 0 bridgehead atoms. The third-order valence-corrected chi connectivity index (χ3v) is 7.55. The van der Waals surface area contributed by atoms with Crippen LogP contribution in [0.15, 0.2) is 64.9 Å². The van der Waals surface area contributed by atoms with E-state index in [1.165, 1.54) is 19.2 Å². The Balaban J connectivity index is 1.82. The lowest BCUT2D eigenvalue weighted by Gasteiger charge is -2.20. The lowest BCUT2D eigenvalue weighted by atomic mass is 10.2. The summed E-state index contributed by atoms with van der Waals surface area (Å²) >= 11 is 1.01. The molecular formula is C24H26N2O6S2. The molecule has 10 heteroatoms. The number of esters is 1. The summed E-state index contributed by atoms with van der Waals surface area (Å²) in [5.74, 6) is -0.474. The molecule has 3 rings (SSSR count). The highest BCUT2D eigenvalue weighted by molar-refractivity contribution is 7.93. The quantitative estimate of drug-likeness (QED) is 0.422. The van der Waals surface area contributed by atoms with Gasteiger partial charge in [-0.15, -0.1) is 11.3 Å². The SMILES string of the molecule is CCOC(=O)c1cccc(NC(=O)c2sccc2S(=O)(=O)N(C)c2ccc(OC(C)C)cc2)c1. The van der Waals surface area contributed by atoms with Crippen LogP contribution in [0, 0.1) is 0 Å². The van der Waals surface area contributed by atoms with Gasteiger partial charge in [0.1, 0.15) is 15.5 Å². The van der Waals surface area contributed by atoms with E-state index in [9.17, 15) is 18.0 Å². The standard InChI is InChI=1S/C24H26N2O6S2/c1-5-31-24(28)17-7-6-8-18(15-17)25-23(27)22-21(13-14-33-22)34(29,30)26(4)19-9-11-20(12-10-19)32-16(2)3/h6-16H,5H2,1-4H3,(H,25,27). The zero-order valence-electron chi connectivity index (χ0n) is 19.3. The third-order valence-electron chi connectivity index (χ3n) is 4.68. The number of carbonyl (C=O) groups excluding carboxylic acids is 2. The second kappa shape index (κ2) is 10.7. The van der Waals surface area contributed by atoms with Crippen LogP contribution >= 0.6 is 11.3 Å². The Labute approximate surface area is 203 Å². The van der Waals surface area contributed by atoms with Crippen LogP contribution in [0.3, 0.4) is 0 Å². The van der Waals surface area contributed by atoms with E-state index in [1.54, 1.807) is 54.8 Å². The fourth-order valence-electron chi connectivity index (χ4n) is 3.09. The maximum Gasteiger partial charge on any atom is 0.338 e. The summed E-state index contributed by atoms with van der Waals surface area (Å²) in [6.07, 6.45) is -0.00262. The molecule has 0 saturated carbocycles. The zero-order chi connectivity index (χ0) is 24.9. The molecule has 1 amide bonds. The summed E-state index contributed by atoms with van der Waals surface area (Å²) in [6.45, 7) is 5.74. The minimum absolute atomic E-state index is 0.00262. The maximum atomic E-state index is 13.3. The highest BCUT2D eigenvalue weighted by Gasteiger charge is 2.28. The monoisotopic (exact) mass is 502 g/mol. The number of benzene rings is 2. The van der Waals surface area contributed by atoms with Crippen molar-refractivity contribution in [1.82, 2.24) is 0 Å². The maximum absolute atomic E-state index is 13.3. The first-order valence-electron chi connectivity index (χ1n) is 10.5. The van der Waals surface area contributed by atoms with Crippen molar-refractivity contribution in [2.24, 2.45) is 0 Å². The molecule has 0 radical (unpaired) electrons. The minimum atomic E-state index is -4.01. The van der Waals surface area contributed by atoms with Gasteiger partial charge in [-0.1, -0.05) is 6.07 Å². The Morgan fingerprint density at radius 1 is 1.09 bits per heavy atom. The first-order chi connectivity index (χ1) is 16.1. The Bertz CT molecular complexity index is 1270.